The molecular weight excluding hydrogens is 352 g/mol. The van der Waals surface area contributed by atoms with Crippen LogP contribution in [0.3, 0.4) is 0 Å². The van der Waals surface area contributed by atoms with E-state index in [1.165, 1.54) is 23.3 Å². The van der Waals surface area contributed by atoms with Crippen LogP contribution >= 0.6 is 0 Å². The minimum Gasteiger partial charge on any atom is -0.486 e. The number of carboxylic acid groups (broad SMARTS) is 1. The number of aromatic nitrogens is 2. The summed E-state index contributed by atoms with van der Waals surface area (Å²) in [7, 11) is 0. The average molecular weight is 372 g/mol. The first kappa shape index (κ1) is 17.8. The summed E-state index contributed by atoms with van der Waals surface area (Å²) in [5.74, 6) is 0.481. The molecule has 0 atom stereocenters. The smallest absolute Gasteiger partial charge is 0.335 e. The molecule has 3 aromatic carbocycles. The number of nitrogens with zero attached hydrogens (tertiary/aromatic N) is 2. The highest BCUT2D eigenvalue weighted by Gasteiger charge is 2.12. The average Bonchev–Trinajstić information content (AvgIpc) is 3.06. The molecule has 0 radical (unpaired) electrons. The molecule has 0 bridgehead atoms. The van der Waals surface area contributed by atoms with E-state index >= 15 is 0 Å². The number of hydrogen-bond donors (Lipinski definition) is 1. The monoisotopic (exact) mass is 372 g/mol. The molecule has 0 aliphatic carbocycles. The second kappa shape index (κ2) is 7.56. The molecule has 0 aliphatic rings. The van der Waals surface area contributed by atoms with Gasteiger partial charge in [-0.3, -0.25) is 0 Å². The van der Waals surface area contributed by atoms with Crippen molar-refractivity contribution in [3.63, 3.8) is 0 Å². The number of fused-ring (bicyclic) bond motifs is 1. The van der Waals surface area contributed by atoms with Crippen LogP contribution in [0.4, 0.5) is 0 Å². The fourth-order valence-electron chi connectivity index (χ4n) is 3.13. The molecule has 0 unspecified atom stereocenters. The zero-order valence-electron chi connectivity index (χ0n) is 15.5. The summed E-state index contributed by atoms with van der Waals surface area (Å²) in [6.07, 6.45) is 0. The van der Waals surface area contributed by atoms with Crippen molar-refractivity contribution in [2.75, 3.05) is 0 Å². The summed E-state index contributed by atoms with van der Waals surface area (Å²) in [5, 5.41) is 9.00. The Morgan fingerprint density at radius 1 is 1.00 bits per heavy atom. The topological polar surface area (TPSA) is 64.3 Å². The van der Waals surface area contributed by atoms with Gasteiger partial charge in [-0.2, -0.15) is 0 Å². The Labute approximate surface area is 162 Å². The van der Waals surface area contributed by atoms with E-state index in [4.69, 9.17) is 14.8 Å². The minimum absolute atomic E-state index is 0.235. The summed E-state index contributed by atoms with van der Waals surface area (Å²) >= 11 is 0. The number of ether oxygens (including phenoxy) is 1. The van der Waals surface area contributed by atoms with Crippen LogP contribution in [0.25, 0.3) is 11.0 Å². The summed E-state index contributed by atoms with van der Waals surface area (Å²) < 4.78 is 8.04. The maximum Gasteiger partial charge on any atom is 0.335 e. The van der Waals surface area contributed by atoms with Gasteiger partial charge in [-0.15, -0.1) is 0 Å². The molecule has 0 saturated heterocycles. The van der Waals surface area contributed by atoms with Crippen molar-refractivity contribution in [2.45, 2.75) is 20.1 Å². The molecule has 0 amide bonds. The number of aryl methyl sites for hydroxylation is 1. The van der Waals surface area contributed by atoms with Crippen LogP contribution in [0.1, 0.15) is 27.3 Å². The van der Waals surface area contributed by atoms with Crippen LogP contribution in [-0.4, -0.2) is 20.6 Å². The van der Waals surface area contributed by atoms with E-state index in [9.17, 15) is 4.79 Å². The molecule has 1 aromatic heterocycles. The number of aromatic carboxylic acids is 1. The minimum atomic E-state index is -0.952. The largest absolute Gasteiger partial charge is 0.486 e. The summed E-state index contributed by atoms with van der Waals surface area (Å²) in [6.45, 7) is 3.08. The van der Waals surface area contributed by atoms with Crippen molar-refractivity contribution >= 4 is 17.0 Å². The Morgan fingerprint density at radius 2 is 1.71 bits per heavy atom. The van der Waals surface area contributed by atoms with Crippen LogP contribution in [-0.2, 0) is 13.2 Å². The highest BCUT2D eigenvalue weighted by atomic mass is 16.5. The van der Waals surface area contributed by atoms with Crippen molar-refractivity contribution in [1.29, 1.82) is 0 Å². The predicted molar refractivity (Wildman–Crippen MR) is 108 cm³/mol. The van der Waals surface area contributed by atoms with Crippen LogP contribution in [0, 0.1) is 6.92 Å². The van der Waals surface area contributed by atoms with Gasteiger partial charge in [0.1, 0.15) is 18.2 Å². The van der Waals surface area contributed by atoms with Gasteiger partial charge in [0.25, 0.3) is 0 Å². The molecule has 0 saturated carbocycles. The van der Waals surface area contributed by atoms with Crippen molar-refractivity contribution in [3.8, 4) is 5.75 Å². The van der Waals surface area contributed by atoms with E-state index in [-0.39, 0.29) is 5.56 Å². The Balaban J connectivity index is 1.60. The predicted octanol–water partition coefficient (Wildman–Crippen LogP) is 4.67. The van der Waals surface area contributed by atoms with Crippen LogP contribution in [0.15, 0.2) is 72.8 Å². The summed E-state index contributed by atoms with van der Waals surface area (Å²) in [4.78, 5) is 15.7. The lowest BCUT2D eigenvalue weighted by Crippen LogP contribution is -2.08. The molecule has 0 fully saturated rings. The third-order valence-corrected chi connectivity index (χ3v) is 4.66. The highest BCUT2D eigenvalue weighted by Crippen LogP contribution is 2.20. The van der Waals surface area contributed by atoms with E-state index in [2.05, 4.69) is 41.8 Å². The second-order valence-electron chi connectivity index (χ2n) is 6.71. The maximum absolute atomic E-state index is 11.0. The van der Waals surface area contributed by atoms with Gasteiger partial charge in [-0.1, -0.05) is 42.0 Å². The number of para-hydroxylation sites is 2. The molecule has 0 aliphatic heterocycles. The first-order valence-electron chi connectivity index (χ1n) is 9.06. The fraction of sp³-hybridized carbons (Fsp3) is 0.130. The molecule has 4 rings (SSSR count). The van der Waals surface area contributed by atoms with Gasteiger partial charge in [0, 0.05) is 6.54 Å². The van der Waals surface area contributed by atoms with E-state index in [1.54, 1.807) is 12.1 Å². The first-order valence-corrected chi connectivity index (χ1v) is 9.06. The van der Waals surface area contributed by atoms with Crippen molar-refractivity contribution in [1.82, 2.24) is 9.55 Å². The molecule has 5 heteroatoms. The van der Waals surface area contributed by atoms with Gasteiger partial charge in [0.2, 0.25) is 0 Å². The number of carbonyl (C=O) groups is 1. The van der Waals surface area contributed by atoms with Gasteiger partial charge in [-0.05, 0) is 48.9 Å². The lowest BCUT2D eigenvalue weighted by Gasteiger charge is -2.11. The lowest BCUT2D eigenvalue weighted by molar-refractivity contribution is 0.0697. The zero-order valence-corrected chi connectivity index (χ0v) is 15.5. The van der Waals surface area contributed by atoms with Crippen molar-refractivity contribution < 1.29 is 14.6 Å². The van der Waals surface area contributed by atoms with Gasteiger partial charge < -0.3 is 14.4 Å². The zero-order chi connectivity index (χ0) is 19.5. The SMILES string of the molecule is Cc1ccc(Cn2c(COc3ccc(C(=O)O)cc3)nc3ccccc32)cc1. The first-order chi connectivity index (χ1) is 13.6. The molecule has 4 aromatic rings. The second-order valence-corrected chi connectivity index (χ2v) is 6.71. The Kier molecular flexibility index (Phi) is 4.81. The lowest BCUT2D eigenvalue weighted by atomic mass is 10.1. The third kappa shape index (κ3) is 3.74. The number of hydrogen-bond acceptors (Lipinski definition) is 3. The summed E-state index contributed by atoms with van der Waals surface area (Å²) in [6, 6.07) is 22.9. The van der Waals surface area contributed by atoms with Crippen molar-refractivity contribution in [3.05, 3.63) is 95.3 Å². The normalized spacial score (nSPS) is 10.9. The van der Waals surface area contributed by atoms with Gasteiger partial charge in [-0.25, -0.2) is 9.78 Å². The van der Waals surface area contributed by atoms with Crippen LogP contribution in [0.5, 0.6) is 5.75 Å². The fourth-order valence-corrected chi connectivity index (χ4v) is 3.13. The van der Waals surface area contributed by atoms with Crippen LogP contribution < -0.4 is 4.74 Å². The van der Waals surface area contributed by atoms with E-state index in [0.29, 0.717) is 18.9 Å². The van der Waals surface area contributed by atoms with Crippen LogP contribution in [0.2, 0.25) is 0 Å². The molecule has 5 nitrogen and oxygen atoms in total. The molecule has 1 heterocycles. The number of benzene rings is 3. The summed E-state index contributed by atoms with van der Waals surface area (Å²) in [5.41, 5.74) is 4.64. The molecule has 1 N–H and O–H groups in total. The molecule has 140 valence electrons. The number of imidazole rings is 1. The number of carboxylic acids is 1. The third-order valence-electron chi connectivity index (χ3n) is 4.66. The van der Waals surface area contributed by atoms with Gasteiger partial charge >= 0.3 is 5.97 Å². The Hall–Kier alpha value is -3.60. The molecular formula is C23H20N2O3. The Bertz CT molecular complexity index is 1110. The standard InChI is InChI=1S/C23H20N2O3/c1-16-6-8-17(9-7-16)14-25-21-5-3-2-4-20(21)24-22(25)15-28-19-12-10-18(11-13-19)23(26)27/h2-13H,14-15H2,1H3,(H,26,27). The van der Waals surface area contributed by atoms with Gasteiger partial charge in [0.05, 0.1) is 16.6 Å². The Morgan fingerprint density at radius 3 is 2.43 bits per heavy atom. The molecule has 0 spiro atoms. The maximum atomic E-state index is 11.0. The quantitative estimate of drug-likeness (QED) is 0.534. The highest BCUT2D eigenvalue weighted by molar-refractivity contribution is 5.87. The van der Waals surface area contributed by atoms with Gasteiger partial charge in [0.15, 0.2) is 0 Å². The van der Waals surface area contributed by atoms with Crippen molar-refractivity contribution in [2.24, 2.45) is 0 Å². The van der Waals surface area contributed by atoms with E-state index < -0.39 is 5.97 Å². The van der Waals surface area contributed by atoms with E-state index in [0.717, 1.165) is 16.9 Å². The van der Waals surface area contributed by atoms with E-state index in [1.807, 2.05) is 18.2 Å². The molecule has 28 heavy (non-hydrogen) atoms. The number of rotatable bonds is 6.